The molecule has 25 heavy (non-hydrogen) atoms. The van der Waals surface area contributed by atoms with Gasteiger partial charge in [-0.15, -0.1) is 0 Å². The molecule has 1 aromatic carbocycles. The zero-order chi connectivity index (χ0) is 17.1. The lowest BCUT2D eigenvalue weighted by Gasteiger charge is -2.22. The average molecular weight is 336 g/mol. The van der Waals surface area contributed by atoms with Crippen LogP contribution in [0.2, 0.25) is 0 Å². The summed E-state index contributed by atoms with van der Waals surface area (Å²) in [5.41, 5.74) is 5.16. The van der Waals surface area contributed by atoms with Crippen LogP contribution >= 0.6 is 0 Å². The molecular weight excluding hydrogens is 315 g/mol. The van der Waals surface area contributed by atoms with Gasteiger partial charge in [0.2, 0.25) is 0 Å². The van der Waals surface area contributed by atoms with Crippen LogP contribution in [-0.2, 0) is 6.42 Å². The second kappa shape index (κ2) is 7.15. The number of H-pyrrole nitrogens is 1. The van der Waals surface area contributed by atoms with Crippen molar-refractivity contribution in [3.63, 3.8) is 0 Å². The van der Waals surface area contributed by atoms with Crippen LogP contribution in [-0.4, -0.2) is 28.3 Å². The largest absolute Gasteiger partial charge is 0.317 e. The molecule has 0 bridgehead atoms. The van der Waals surface area contributed by atoms with Crippen molar-refractivity contribution < 1.29 is 4.39 Å². The third-order valence-electron chi connectivity index (χ3n) is 4.88. The summed E-state index contributed by atoms with van der Waals surface area (Å²) in [6, 6.07) is 10.6. The summed E-state index contributed by atoms with van der Waals surface area (Å²) < 4.78 is 13.3. The average Bonchev–Trinajstić information content (AvgIpc) is 3.07. The highest BCUT2D eigenvalue weighted by Crippen LogP contribution is 2.35. The maximum atomic E-state index is 13.3. The Hall–Kier alpha value is -2.53. The molecule has 4 rings (SSSR count). The Labute approximate surface area is 146 Å². The molecule has 4 nitrogen and oxygen atoms in total. The SMILES string of the molecule is Fc1ccc(-c2[nH]nc(CC3CCNCC3)c2-c2ccncc2)cc1. The van der Waals surface area contributed by atoms with Gasteiger partial charge in [-0.25, -0.2) is 4.39 Å². The van der Waals surface area contributed by atoms with Crippen LogP contribution < -0.4 is 5.32 Å². The van der Waals surface area contributed by atoms with Crippen LogP contribution in [0, 0.1) is 11.7 Å². The van der Waals surface area contributed by atoms with E-state index in [4.69, 9.17) is 0 Å². The molecule has 0 aliphatic carbocycles. The van der Waals surface area contributed by atoms with Crippen LogP contribution in [0.3, 0.4) is 0 Å². The van der Waals surface area contributed by atoms with Gasteiger partial charge in [0.25, 0.3) is 0 Å². The van der Waals surface area contributed by atoms with Gasteiger partial charge < -0.3 is 5.32 Å². The van der Waals surface area contributed by atoms with Crippen molar-refractivity contribution in [2.75, 3.05) is 13.1 Å². The summed E-state index contributed by atoms with van der Waals surface area (Å²) in [7, 11) is 0. The van der Waals surface area contributed by atoms with E-state index in [1.54, 1.807) is 24.5 Å². The van der Waals surface area contributed by atoms with Crippen molar-refractivity contribution >= 4 is 0 Å². The lowest BCUT2D eigenvalue weighted by atomic mass is 9.89. The quantitative estimate of drug-likeness (QED) is 0.761. The number of rotatable bonds is 4. The summed E-state index contributed by atoms with van der Waals surface area (Å²) in [6.07, 6.45) is 6.90. The minimum Gasteiger partial charge on any atom is -0.317 e. The van der Waals surface area contributed by atoms with E-state index in [-0.39, 0.29) is 5.82 Å². The molecule has 1 saturated heterocycles. The van der Waals surface area contributed by atoms with Crippen LogP contribution in [0.5, 0.6) is 0 Å². The second-order valence-electron chi connectivity index (χ2n) is 6.56. The van der Waals surface area contributed by atoms with E-state index in [1.807, 2.05) is 12.1 Å². The number of nitrogens with one attached hydrogen (secondary N) is 2. The standard InChI is InChI=1S/C20H21FN4/c21-17-3-1-16(2-4-17)20-19(15-7-11-23-12-8-15)18(24-25-20)13-14-5-9-22-10-6-14/h1-4,7-8,11-12,14,22H,5-6,9-10,13H2,(H,24,25). The summed E-state index contributed by atoms with van der Waals surface area (Å²) in [6.45, 7) is 2.15. The minimum absolute atomic E-state index is 0.233. The van der Waals surface area contributed by atoms with Gasteiger partial charge >= 0.3 is 0 Å². The van der Waals surface area contributed by atoms with Gasteiger partial charge in [0.05, 0.1) is 11.4 Å². The number of nitrogens with zero attached hydrogens (tertiary/aromatic N) is 2. The number of halogens is 1. The Balaban J connectivity index is 1.75. The number of benzene rings is 1. The lowest BCUT2D eigenvalue weighted by molar-refractivity contribution is 0.370. The molecule has 0 radical (unpaired) electrons. The molecule has 2 aromatic heterocycles. The molecular formula is C20H21FN4. The molecule has 3 aromatic rings. The van der Waals surface area contributed by atoms with Gasteiger partial charge in [0.15, 0.2) is 0 Å². The lowest BCUT2D eigenvalue weighted by Crippen LogP contribution is -2.28. The van der Waals surface area contributed by atoms with E-state index in [9.17, 15) is 4.39 Å². The van der Waals surface area contributed by atoms with Crippen molar-refractivity contribution in [1.29, 1.82) is 0 Å². The van der Waals surface area contributed by atoms with Crippen molar-refractivity contribution in [1.82, 2.24) is 20.5 Å². The highest BCUT2D eigenvalue weighted by molar-refractivity contribution is 5.82. The third kappa shape index (κ3) is 3.46. The Kier molecular flexibility index (Phi) is 4.57. The van der Waals surface area contributed by atoms with Crippen LogP contribution in [0.1, 0.15) is 18.5 Å². The van der Waals surface area contributed by atoms with Crippen molar-refractivity contribution in [3.8, 4) is 22.4 Å². The minimum atomic E-state index is -0.233. The summed E-state index contributed by atoms with van der Waals surface area (Å²) >= 11 is 0. The second-order valence-corrected chi connectivity index (χ2v) is 6.56. The molecule has 0 amide bonds. The molecule has 0 saturated carbocycles. The van der Waals surface area contributed by atoms with Gasteiger partial charge in [0, 0.05) is 23.5 Å². The van der Waals surface area contributed by atoms with E-state index in [0.717, 1.165) is 47.6 Å². The number of aromatic nitrogens is 3. The van der Waals surface area contributed by atoms with E-state index in [1.165, 1.54) is 25.0 Å². The van der Waals surface area contributed by atoms with Gasteiger partial charge in [-0.1, -0.05) is 0 Å². The number of piperidine rings is 1. The van der Waals surface area contributed by atoms with Crippen molar-refractivity contribution in [2.45, 2.75) is 19.3 Å². The van der Waals surface area contributed by atoms with Crippen LogP contribution in [0.25, 0.3) is 22.4 Å². The number of hydrogen-bond donors (Lipinski definition) is 2. The fourth-order valence-corrected chi connectivity index (χ4v) is 3.54. The fourth-order valence-electron chi connectivity index (χ4n) is 3.54. The zero-order valence-electron chi connectivity index (χ0n) is 14.0. The summed E-state index contributed by atoms with van der Waals surface area (Å²) in [5.74, 6) is 0.412. The molecule has 1 fully saturated rings. The van der Waals surface area contributed by atoms with Gasteiger partial charge in [-0.2, -0.15) is 5.10 Å². The Bertz CT molecular complexity index is 821. The smallest absolute Gasteiger partial charge is 0.123 e. The van der Waals surface area contributed by atoms with Crippen LogP contribution in [0.4, 0.5) is 4.39 Å². The predicted molar refractivity (Wildman–Crippen MR) is 96.5 cm³/mol. The molecule has 128 valence electrons. The molecule has 1 aliphatic rings. The summed E-state index contributed by atoms with van der Waals surface area (Å²) in [4.78, 5) is 4.13. The molecule has 3 heterocycles. The normalized spacial score (nSPS) is 15.4. The number of pyridine rings is 1. The molecule has 0 spiro atoms. The summed E-state index contributed by atoms with van der Waals surface area (Å²) in [5, 5.41) is 11.2. The van der Waals surface area contributed by atoms with E-state index >= 15 is 0 Å². The van der Waals surface area contributed by atoms with E-state index in [2.05, 4.69) is 20.5 Å². The van der Waals surface area contributed by atoms with Gasteiger partial charge in [-0.3, -0.25) is 10.1 Å². The van der Waals surface area contributed by atoms with Gasteiger partial charge in [0.1, 0.15) is 5.82 Å². The Morgan fingerprint density at radius 2 is 1.68 bits per heavy atom. The first-order valence-corrected chi connectivity index (χ1v) is 8.75. The van der Waals surface area contributed by atoms with Gasteiger partial charge in [-0.05, 0) is 80.2 Å². The molecule has 1 aliphatic heterocycles. The van der Waals surface area contributed by atoms with Crippen LogP contribution in [0.15, 0.2) is 48.8 Å². The molecule has 0 unspecified atom stereocenters. The first-order chi connectivity index (χ1) is 12.3. The first-order valence-electron chi connectivity index (χ1n) is 8.75. The third-order valence-corrected chi connectivity index (χ3v) is 4.88. The first kappa shape index (κ1) is 16.0. The Morgan fingerprint density at radius 1 is 0.960 bits per heavy atom. The van der Waals surface area contributed by atoms with E-state index in [0.29, 0.717) is 5.92 Å². The van der Waals surface area contributed by atoms with Crippen molar-refractivity contribution in [3.05, 3.63) is 60.3 Å². The predicted octanol–water partition coefficient (Wildman–Crippen LogP) is 3.82. The topological polar surface area (TPSA) is 53.6 Å². The highest BCUT2D eigenvalue weighted by atomic mass is 19.1. The number of aromatic amines is 1. The molecule has 0 atom stereocenters. The van der Waals surface area contributed by atoms with E-state index < -0.39 is 0 Å². The maximum Gasteiger partial charge on any atom is 0.123 e. The number of hydrogen-bond acceptors (Lipinski definition) is 3. The monoisotopic (exact) mass is 336 g/mol. The Morgan fingerprint density at radius 3 is 2.40 bits per heavy atom. The van der Waals surface area contributed by atoms with Crippen molar-refractivity contribution in [2.24, 2.45) is 5.92 Å². The maximum absolute atomic E-state index is 13.3. The highest BCUT2D eigenvalue weighted by Gasteiger charge is 2.21. The molecule has 2 N–H and O–H groups in total. The zero-order valence-corrected chi connectivity index (χ0v) is 14.0. The fraction of sp³-hybridized carbons (Fsp3) is 0.300. The molecule has 5 heteroatoms.